The Balaban J connectivity index is 1.52. The minimum Gasteiger partial charge on any atom is -0.345 e. The predicted molar refractivity (Wildman–Crippen MR) is 156 cm³/mol. The van der Waals surface area contributed by atoms with E-state index in [2.05, 4.69) is 69.1 Å². The summed E-state index contributed by atoms with van der Waals surface area (Å²) in [7, 11) is 0. The van der Waals surface area contributed by atoms with Gasteiger partial charge in [0.05, 0.1) is 21.5 Å². The van der Waals surface area contributed by atoms with Crippen molar-refractivity contribution in [3.63, 3.8) is 0 Å². The van der Waals surface area contributed by atoms with Gasteiger partial charge < -0.3 is 9.55 Å². The van der Waals surface area contributed by atoms with Crippen LogP contribution in [-0.2, 0) is 0 Å². The van der Waals surface area contributed by atoms with E-state index in [1.54, 1.807) is 24.4 Å². The molecule has 0 spiro atoms. The van der Waals surface area contributed by atoms with Crippen LogP contribution < -0.4 is 0 Å². The molecule has 186 valence electrons. The molecule has 2 aromatic heterocycles. The quantitative estimate of drug-likeness (QED) is 0.188. The van der Waals surface area contributed by atoms with Gasteiger partial charge in [-0.05, 0) is 59.2 Å². The maximum atomic E-state index is 11.8. The van der Waals surface area contributed by atoms with Gasteiger partial charge in [-0.15, -0.1) is 0 Å². The molecular weight excluding hydrogens is 484 g/mol. The fourth-order valence-corrected chi connectivity index (χ4v) is 5.44. The first-order valence-electron chi connectivity index (χ1n) is 12.7. The van der Waals surface area contributed by atoms with Crippen LogP contribution in [-0.4, -0.2) is 19.5 Å². The summed E-state index contributed by atoms with van der Waals surface area (Å²) in [6.07, 6.45) is 3.58. The van der Waals surface area contributed by atoms with E-state index in [1.807, 2.05) is 48.7 Å². The normalized spacial score (nSPS) is 11.3. The average molecular weight is 507 g/mol. The second kappa shape index (κ2) is 9.11. The number of H-pyrrole nitrogens is 1. The minimum absolute atomic E-state index is 0.0942. The molecule has 0 unspecified atom stereocenters. The number of nitrogens with zero attached hydrogens (tertiary/aromatic N) is 3. The summed E-state index contributed by atoms with van der Waals surface area (Å²) in [6, 6.07) is 38.0. The highest BCUT2D eigenvalue weighted by atomic mass is 16.6. The number of benzene rings is 5. The smallest absolute Gasteiger partial charge is 0.277 e. The number of nitro benzene ring substituents is 1. The average Bonchev–Trinajstić information content (AvgIpc) is 3.64. The second-order valence-electron chi connectivity index (χ2n) is 9.39. The molecule has 0 radical (unpaired) electrons. The summed E-state index contributed by atoms with van der Waals surface area (Å²) >= 11 is 0. The van der Waals surface area contributed by atoms with Crippen molar-refractivity contribution in [2.45, 2.75) is 0 Å². The first kappa shape index (κ1) is 22.7. The van der Waals surface area contributed by atoms with Crippen molar-refractivity contribution in [2.75, 3.05) is 0 Å². The lowest BCUT2D eigenvalue weighted by Crippen LogP contribution is -1.94. The van der Waals surface area contributed by atoms with Crippen LogP contribution in [0.25, 0.3) is 61.1 Å². The van der Waals surface area contributed by atoms with Gasteiger partial charge in [0.1, 0.15) is 5.82 Å². The molecule has 7 rings (SSSR count). The van der Waals surface area contributed by atoms with E-state index >= 15 is 0 Å². The molecule has 0 saturated carbocycles. The van der Waals surface area contributed by atoms with Crippen LogP contribution in [0.3, 0.4) is 0 Å². The zero-order valence-corrected chi connectivity index (χ0v) is 20.8. The Morgan fingerprint density at radius 3 is 1.90 bits per heavy atom. The Morgan fingerprint density at radius 2 is 1.26 bits per heavy atom. The van der Waals surface area contributed by atoms with Gasteiger partial charge in [-0.25, -0.2) is 4.98 Å². The summed E-state index contributed by atoms with van der Waals surface area (Å²) in [6.45, 7) is 0. The summed E-state index contributed by atoms with van der Waals surface area (Å²) in [5, 5.41) is 13.9. The van der Waals surface area contributed by atoms with Crippen LogP contribution in [0.1, 0.15) is 0 Å². The molecule has 39 heavy (non-hydrogen) atoms. The zero-order valence-electron chi connectivity index (χ0n) is 20.8. The Labute approximate surface area is 224 Å². The van der Waals surface area contributed by atoms with Crippen molar-refractivity contribution in [1.29, 1.82) is 0 Å². The number of aromatic nitrogens is 3. The number of hydrogen-bond acceptors (Lipinski definition) is 3. The largest absolute Gasteiger partial charge is 0.345 e. The van der Waals surface area contributed by atoms with Crippen molar-refractivity contribution in [3.05, 3.63) is 138 Å². The molecule has 7 aromatic rings. The number of para-hydroxylation sites is 2. The van der Waals surface area contributed by atoms with Crippen LogP contribution in [0.4, 0.5) is 5.69 Å². The Kier molecular flexibility index (Phi) is 5.30. The lowest BCUT2D eigenvalue weighted by atomic mass is 9.97. The zero-order chi connectivity index (χ0) is 26.3. The molecule has 0 atom stereocenters. The molecule has 6 heteroatoms. The molecular formula is C33H22N4O2. The van der Waals surface area contributed by atoms with E-state index in [0.29, 0.717) is 5.56 Å². The first-order chi connectivity index (χ1) is 19.2. The van der Waals surface area contributed by atoms with E-state index in [1.165, 1.54) is 0 Å². The fourth-order valence-electron chi connectivity index (χ4n) is 5.44. The van der Waals surface area contributed by atoms with Crippen LogP contribution in [0.15, 0.2) is 128 Å². The Hall–Kier alpha value is -5.49. The minimum atomic E-state index is -0.323. The summed E-state index contributed by atoms with van der Waals surface area (Å²) in [4.78, 5) is 19.2. The van der Waals surface area contributed by atoms with Gasteiger partial charge in [-0.1, -0.05) is 66.7 Å². The molecule has 6 nitrogen and oxygen atoms in total. The number of rotatable bonds is 5. The van der Waals surface area contributed by atoms with E-state index in [4.69, 9.17) is 0 Å². The van der Waals surface area contributed by atoms with Crippen LogP contribution in [0, 0.1) is 10.1 Å². The van der Waals surface area contributed by atoms with E-state index < -0.39 is 0 Å². The maximum absolute atomic E-state index is 11.8. The highest BCUT2D eigenvalue weighted by Gasteiger charge is 2.19. The standard InChI is InChI=1S/C33H22N4O2/c38-37(39)32-13-7-6-11-26(32)23-15-17-31-29(21-23)28-20-22(14-16-30(28)36(31)24-8-2-1-3-9-24)25-10-4-5-12-27(25)33-34-18-19-35-33/h1-21H,(H,34,35). The number of nitrogens with one attached hydrogen (secondary N) is 1. The lowest BCUT2D eigenvalue weighted by molar-refractivity contribution is -0.384. The second-order valence-corrected chi connectivity index (χ2v) is 9.39. The fraction of sp³-hybridized carbons (Fsp3) is 0. The van der Waals surface area contributed by atoms with Crippen LogP contribution in [0.2, 0.25) is 0 Å². The highest BCUT2D eigenvalue weighted by molar-refractivity contribution is 6.12. The van der Waals surface area contributed by atoms with E-state index in [-0.39, 0.29) is 10.6 Å². The molecule has 2 heterocycles. The summed E-state index contributed by atoms with van der Waals surface area (Å²) in [5.41, 5.74) is 7.82. The Morgan fingerprint density at radius 1 is 0.667 bits per heavy atom. The van der Waals surface area contributed by atoms with E-state index in [0.717, 1.165) is 55.6 Å². The monoisotopic (exact) mass is 506 g/mol. The van der Waals surface area contributed by atoms with Gasteiger partial charge >= 0.3 is 0 Å². The summed E-state index contributed by atoms with van der Waals surface area (Å²) in [5.74, 6) is 0.816. The van der Waals surface area contributed by atoms with Gasteiger partial charge in [0.25, 0.3) is 5.69 Å². The number of imidazole rings is 1. The Bertz CT molecular complexity index is 1990. The van der Waals surface area contributed by atoms with Crippen molar-refractivity contribution < 1.29 is 4.92 Å². The molecule has 0 amide bonds. The van der Waals surface area contributed by atoms with Crippen LogP contribution >= 0.6 is 0 Å². The molecule has 0 aliphatic rings. The topological polar surface area (TPSA) is 76.8 Å². The van der Waals surface area contributed by atoms with Gasteiger partial charge in [-0.2, -0.15) is 0 Å². The number of hydrogen-bond donors (Lipinski definition) is 1. The molecule has 0 aliphatic carbocycles. The predicted octanol–water partition coefficient (Wildman–Crippen LogP) is 8.42. The molecule has 0 aliphatic heterocycles. The maximum Gasteiger partial charge on any atom is 0.277 e. The number of nitro groups is 1. The van der Waals surface area contributed by atoms with Crippen molar-refractivity contribution in [1.82, 2.24) is 14.5 Å². The SMILES string of the molecule is O=[N+]([O-])c1ccccc1-c1ccc2c(c1)c1cc(-c3ccccc3-c3ncc[nH]3)ccc1n2-c1ccccc1. The third kappa shape index (κ3) is 3.78. The van der Waals surface area contributed by atoms with Crippen molar-refractivity contribution in [3.8, 4) is 39.3 Å². The van der Waals surface area contributed by atoms with Crippen molar-refractivity contribution in [2.24, 2.45) is 0 Å². The summed E-state index contributed by atoms with van der Waals surface area (Å²) < 4.78 is 2.25. The highest BCUT2D eigenvalue weighted by Crippen LogP contribution is 2.39. The molecule has 1 N–H and O–H groups in total. The number of fused-ring (bicyclic) bond motifs is 3. The van der Waals surface area contributed by atoms with Gasteiger partial charge in [0.2, 0.25) is 0 Å². The molecule has 0 fully saturated rings. The first-order valence-corrected chi connectivity index (χ1v) is 12.7. The third-order valence-corrected chi connectivity index (χ3v) is 7.18. The third-order valence-electron chi connectivity index (χ3n) is 7.18. The van der Waals surface area contributed by atoms with Gasteiger partial charge in [-0.3, -0.25) is 10.1 Å². The van der Waals surface area contributed by atoms with Gasteiger partial charge in [0, 0.05) is 40.5 Å². The lowest BCUT2D eigenvalue weighted by Gasteiger charge is -2.10. The molecule has 0 bridgehead atoms. The van der Waals surface area contributed by atoms with Crippen LogP contribution in [0.5, 0.6) is 0 Å². The van der Waals surface area contributed by atoms with Gasteiger partial charge in [0.15, 0.2) is 0 Å². The molecule has 0 saturated heterocycles. The molecule has 5 aromatic carbocycles. The van der Waals surface area contributed by atoms with E-state index in [9.17, 15) is 10.1 Å². The van der Waals surface area contributed by atoms with Crippen molar-refractivity contribution >= 4 is 27.5 Å². The number of aromatic amines is 1.